The van der Waals surface area contributed by atoms with E-state index in [0.29, 0.717) is 6.42 Å². The molecule has 0 saturated heterocycles. The summed E-state index contributed by atoms with van der Waals surface area (Å²) >= 11 is 4.44. The summed E-state index contributed by atoms with van der Waals surface area (Å²) in [5, 5.41) is -0.158. The van der Waals surface area contributed by atoms with Crippen LogP contribution in [0.25, 0.3) is 0 Å². The van der Waals surface area contributed by atoms with E-state index in [9.17, 15) is 4.79 Å². The second kappa shape index (κ2) is 4.09. The van der Waals surface area contributed by atoms with Crippen molar-refractivity contribution in [1.82, 2.24) is 0 Å². The molecular weight excluding hydrogens is 156 g/mol. The van der Waals surface area contributed by atoms with Gasteiger partial charge >= 0.3 is 0 Å². The van der Waals surface area contributed by atoms with Crippen LogP contribution >= 0.6 is 12.6 Å². The average Bonchev–Trinajstić information content (AvgIpc) is 2.03. The second-order valence-corrected chi connectivity index (χ2v) is 2.81. The van der Waals surface area contributed by atoms with Crippen molar-refractivity contribution in [3.63, 3.8) is 0 Å². The van der Waals surface area contributed by atoms with E-state index in [0.717, 1.165) is 6.42 Å². The van der Waals surface area contributed by atoms with Crippen LogP contribution in [-0.4, -0.2) is 5.12 Å². The molecule has 0 amide bonds. The van der Waals surface area contributed by atoms with Gasteiger partial charge in [0.15, 0.2) is 0 Å². The first-order chi connectivity index (χ1) is 5.29. The lowest BCUT2D eigenvalue weighted by Gasteiger charge is -1.95. The molecule has 0 bridgehead atoms. The van der Waals surface area contributed by atoms with Crippen molar-refractivity contribution in [3.8, 4) is 0 Å². The summed E-state index contributed by atoms with van der Waals surface area (Å²) in [6.45, 7) is 0. The number of rotatable bonds is 3. The molecule has 1 aromatic rings. The molecular formula is C9H9OS. The minimum atomic E-state index is -0.158. The molecule has 0 saturated carbocycles. The van der Waals surface area contributed by atoms with Gasteiger partial charge in [-0.1, -0.05) is 30.3 Å². The van der Waals surface area contributed by atoms with Crippen LogP contribution in [0.2, 0.25) is 0 Å². The van der Waals surface area contributed by atoms with Crippen LogP contribution in [0.4, 0.5) is 0 Å². The molecule has 11 heavy (non-hydrogen) atoms. The predicted octanol–water partition coefficient (Wildman–Crippen LogP) is 2.34. The van der Waals surface area contributed by atoms with Crippen LogP contribution < -0.4 is 0 Å². The maximum absolute atomic E-state index is 10.4. The average molecular weight is 165 g/mol. The van der Waals surface area contributed by atoms with Gasteiger partial charge in [0, 0.05) is 6.42 Å². The first kappa shape index (κ1) is 8.21. The normalized spacial score (nSPS) is 9.45. The van der Waals surface area contributed by atoms with Crippen LogP contribution in [-0.2, 0) is 11.2 Å². The van der Waals surface area contributed by atoms with Gasteiger partial charge in [0.2, 0.25) is 5.12 Å². The fourth-order valence-corrected chi connectivity index (χ4v) is 0.993. The van der Waals surface area contributed by atoms with Crippen LogP contribution in [0, 0.1) is 0 Å². The van der Waals surface area contributed by atoms with E-state index in [4.69, 9.17) is 0 Å². The minimum Gasteiger partial charge on any atom is -0.282 e. The van der Waals surface area contributed by atoms with Gasteiger partial charge in [0.1, 0.15) is 0 Å². The van der Waals surface area contributed by atoms with Gasteiger partial charge in [0.05, 0.1) is 0 Å². The standard InChI is InChI=1S/C9H9OS/c10-9(11)7-6-8-4-2-1-3-5-8/h1-5H,6-7H2. The van der Waals surface area contributed by atoms with Crippen molar-refractivity contribution in [2.45, 2.75) is 12.8 Å². The van der Waals surface area contributed by atoms with Crippen LogP contribution in [0.5, 0.6) is 0 Å². The fraction of sp³-hybridized carbons (Fsp3) is 0.222. The van der Waals surface area contributed by atoms with Crippen molar-refractivity contribution in [1.29, 1.82) is 0 Å². The zero-order valence-electron chi connectivity index (χ0n) is 6.12. The van der Waals surface area contributed by atoms with Gasteiger partial charge in [-0.2, -0.15) is 0 Å². The van der Waals surface area contributed by atoms with E-state index in [2.05, 4.69) is 12.6 Å². The Bertz CT molecular complexity index is 231. The fourth-order valence-electron chi connectivity index (χ4n) is 0.891. The number of hydrogen-bond acceptors (Lipinski definition) is 1. The largest absolute Gasteiger partial charge is 0.282 e. The second-order valence-electron chi connectivity index (χ2n) is 2.36. The van der Waals surface area contributed by atoms with Gasteiger partial charge in [-0.3, -0.25) is 4.79 Å². The summed E-state index contributed by atoms with van der Waals surface area (Å²) in [7, 11) is 0. The summed E-state index contributed by atoms with van der Waals surface area (Å²) in [5.74, 6) is 0. The highest BCUT2D eigenvalue weighted by atomic mass is 32.1. The number of hydrogen-bond donors (Lipinski definition) is 0. The molecule has 1 rings (SSSR count). The Morgan fingerprint density at radius 1 is 1.27 bits per heavy atom. The van der Waals surface area contributed by atoms with Crippen molar-refractivity contribution < 1.29 is 4.79 Å². The molecule has 0 atom stereocenters. The summed E-state index contributed by atoms with van der Waals surface area (Å²) in [4.78, 5) is 10.4. The number of benzene rings is 1. The van der Waals surface area contributed by atoms with Gasteiger partial charge in [-0.15, -0.1) is 0 Å². The number of carbonyl (C=O) groups excluding carboxylic acids is 1. The van der Waals surface area contributed by atoms with E-state index >= 15 is 0 Å². The van der Waals surface area contributed by atoms with Gasteiger partial charge in [-0.05, 0) is 24.6 Å². The van der Waals surface area contributed by atoms with Crippen molar-refractivity contribution in [2.75, 3.05) is 0 Å². The van der Waals surface area contributed by atoms with E-state index < -0.39 is 0 Å². The molecule has 0 fully saturated rings. The van der Waals surface area contributed by atoms with Crippen LogP contribution in [0.1, 0.15) is 12.0 Å². The highest BCUT2D eigenvalue weighted by Crippen LogP contribution is 2.03. The zero-order valence-corrected chi connectivity index (χ0v) is 6.93. The van der Waals surface area contributed by atoms with Crippen molar-refractivity contribution in [3.05, 3.63) is 35.9 Å². The SMILES string of the molecule is O=C([S])CCc1ccccc1. The number of aryl methyl sites for hydroxylation is 1. The van der Waals surface area contributed by atoms with E-state index in [-0.39, 0.29) is 5.12 Å². The predicted molar refractivity (Wildman–Crippen MR) is 47.4 cm³/mol. The van der Waals surface area contributed by atoms with Gasteiger partial charge in [0.25, 0.3) is 0 Å². The minimum absolute atomic E-state index is 0.158. The van der Waals surface area contributed by atoms with E-state index in [1.165, 1.54) is 5.56 Å². The molecule has 0 spiro atoms. The zero-order chi connectivity index (χ0) is 8.10. The van der Waals surface area contributed by atoms with Crippen LogP contribution in [0.3, 0.4) is 0 Å². The Labute approximate surface area is 71.8 Å². The topological polar surface area (TPSA) is 17.1 Å². The Hall–Kier alpha value is -0.890. The highest BCUT2D eigenvalue weighted by molar-refractivity contribution is 7.96. The monoisotopic (exact) mass is 165 g/mol. The van der Waals surface area contributed by atoms with E-state index in [1.54, 1.807) is 0 Å². The molecule has 0 aliphatic rings. The Kier molecular flexibility index (Phi) is 3.05. The Morgan fingerprint density at radius 3 is 2.45 bits per heavy atom. The summed E-state index contributed by atoms with van der Waals surface area (Å²) in [5.41, 5.74) is 1.17. The van der Waals surface area contributed by atoms with Crippen molar-refractivity contribution in [2.24, 2.45) is 0 Å². The lowest BCUT2D eigenvalue weighted by molar-refractivity contribution is -0.110. The van der Waals surface area contributed by atoms with Crippen LogP contribution in [0.15, 0.2) is 30.3 Å². The van der Waals surface area contributed by atoms with Gasteiger partial charge < -0.3 is 0 Å². The van der Waals surface area contributed by atoms with E-state index in [1.807, 2.05) is 30.3 Å². The third-order valence-corrected chi connectivity index (χ3v) is 1.66. The summed E-state index contributed by atoms with van der Waals surface area (Å²) in [6.07, 6.45) is 1.24. The number of carbonyl (C=O) groups is 1. The smallest absolute Gasteiger partial charge is 0.219 e. The quantitative estimate of drug-likeness (QED) is 0.672. The molecule has 1 radical (unpaired) electrons. The molecule has 0 aromatic heterocycles. The maximum atomic E-state index is 10.4. The molecule has 0 aliphatic heterocycles. The molecule has 0 N–H and O–H groups in total. The lowest BCUT2D eigenvalue weighted by atomic mass is 10.1. The highest BCUT2D eigenvalue weighted by Gasteiger charge is 1.96. The first-order valence-corrected chi connectivity index (χ1v) is 3.93. The molecule has 0 heterocycles. The third-order valence-electron chi connectivity index (χ3n) is 1.46. The Balaban J connectivity index is 2.45. The molecule has 0 aliphatic carbocycles. The lowest BCUT2D eigenvalue weighted by Crippen LogP contribution is -1.90. The van der Waals surface area contributed by atoms with Crippen molar-refractivity contribution >= 4 is 17.7 Å². The molecule has 57 valence electrons. The maximum Gasteiger partial charge on any atom is 0.219 e. The molecule has 0 unspecified atom stereocenters. The molecule has 1 nitrogen and oxygen atoms in total. The molecule has 1 aromatic carbocycles. The third kappa shape index (κ3) is 3.14. The van der Waals surface area contributed by atoms with Gasteiger partial charge in [-0.25, -0.2) is 0 Å². The Morgan fingerprint density at radius 2 is 1.91 bits per heavy atom. The summed E-state index contributed by atoms with van der Waals surface area (Å²) in [6, 6.07) is 9.88. The summed E-state index contributed by atoms with van der Waals surface area (Å²) < 4.78 is 0. The molecule has 2 heteroatoms. The first-order valence-electron chi connectivity index (χ1n) is 3.53.